The van der Waals surface area contributed by atoms with Gasteiger partial charge in [0, 0.05) is 13.0 Å². The van der Waals surface area contributed by atoms with Crippen molar-refractivity contribution < 1.29 is 0 Å². The summed E-state index contributed by atoms with van der Waals surface area (Å²) in [4.78, 5) is 5.96. The molecule has 3 aromatic rings. The van der Waals surface area contributed by atoms with E-state index in [1.54, 1.807) is 0 Å². The molecule has 0 saturated carbocycles. The van der Waals surface area contributed by atoms with Crippen molar-refractivity contribution in [1.82, 2.24) is 24.5 Å². The Morgan fingerprint density at radius 1 is 1.33 bits per heavy atom. The van der Waals surface area contributed by atoms with E-state index in [0.717, 1.165) is 35.6 Å². The van der Waals surface area contributed by atoms with E-state index >= 15 is 0 Å². The minimum atomic E-state index is 0.206. The molecule has 0 amide bonds. The molecule has 2 aromatic heterocycles. The topological polar surface area (TPSA) is 55.6 Å². The van der Waals surface area contributed by atoms with Gasteiger partial charge >= 0.3 is 0 Å². The van der Waals surface area contributed by atoms with Crippen molar-refractivity contribution in [2.75, 3.05) is 7.05 Å². The molecule has 1 atom stereocenters. The van der Waals surface area contributed by atoms with E-state index in [9.17, 15) is 0 Å². The zero-order valence-corrected chi connectivity index (χ0v) is 13.1. The van der Waals surface area contributed by atoms with Gasteiger partial charge < -0.3 is 9.88 Å². The average Bonchev–Trinajstić information content (AvgIpc) is 3.14. The highest BCUT2D eigenvalue weighted by Gasteiger charge is 2.17. The van der Waals surface area contributed by atoms with Crippen molar-refractivity contribution in [2.45, 2.75) is 32.4 Å². The third kappa shape index (κ3) is 2.82. The molecule has 2 heterocycles. The maximum Gasteiger partial charge on any atom is 0.111 e. The van der Waals surface area contributed by atoms with Gasteiger partial charge in [-0.1, -0.05) is 23.5 Å². The summed E-state index contributed by atoms with van der Waals surface area (Å²) in [6.45, 7) is 3.19. The quantitative estimate of drug-likeness (QED) is 0.760. The Bertz CT molecular complexity index is 704. The van der Waals surface area contributed by atoms with Gasteiger partial charge in [-0.15, -0.1) is 5.10 Å². The molecule has 5 nitrogen and oxygen atoms in total. The molecular formula is C15H19N5S. The first kappa shape index (κ1) is 14.2. The number of aryl methyl sites for hydroxylation is 1. The fraction of sp³-hybridized carbons (Fsp3) is 0.400. The Morgan fingerprint density at radius 3 is 2.90 bits per heavy atom. The molecule has 1 aromatic carbocycles. The van der Waals surface area contributed by atoms with Crippen molar-refractivity contribution in [2.24, 2.45) is 0 Å². The van der Waals surface area contributed by atoms with E-state index < -0.39 is 0 Å². The van der Waals surface area contributed by atoms with E-state index in [1.165, 1.54) is 17.0 Å². The number of aromatic nitrogens is 4. The van der Waals surface area contributed by atoms with Gasteiger partial charge in [0.25, 0.3) is 0 Å². The number of rotatable bonds is 6. The molecule has 0 aliphatic rings. The Kier molecular flexibility index (Phi) is 4.26. The van der Waals surface area contributed by atoms with E-state index in [2.05, 4.69) is 44.6 Å². The highest BCUT2D eigenvalue weighted by molar-refractivity contribution is 7.05. The first-order chi connectivity index (χ1) is 10.3. The molecule has 0 aliphatic heterocycles. The van der Waals surface area contributed by atoms with E-state index in [4.69, 9.17) is 4.98 Å². The van der Waals surface area contributed by atoms with Crippen molar-refractivity contribution >= 4 is 22.6 Å². The van der Waals surface area contributed by atoms with Crippen LogP contribution in [0.1, 0.15) is 30.1 Å². The number of fused-ring (bicyclic) bond motifs is 1. The Balaban J connectivity index is 1.97. The molecule has 6 heteroatoms. The zero-order valence-electron chi connectivity index (χ0n) is 12.3. The molecule has 0 aliphatic carbocycles. The lowest BCUT2D eigenvalue weighted by molar-refractivity contribution is 0.554. The third-order valence-corrected chi connectivity index (χ3v) is 4.41. The predicted octanol–water partition coefficient (Wildman–Crippen LogP) is 2.80. The molecular weight excluding hydrogens is 282 g/mol. The van der Waals surface area contributed by atoms with Gasteiger partial charge in [-0.05, 0) is 37.1 Å². The maximum absolute atomic E-state index is 4.82. The second kappa shape index (κ2) is 6.32. The van der Waals surface area contributed by atoms with E-state index in [0.29, 0.717) is 0 Å². The summed E-state index contributed by atoms with van der Waals surface area (Å²) in [5, 5.41) is 7.28. The minimum absolute atomic E-state index is 0.206. The van der Waals surface area contributed by atoms with Crippen molar-refractivity contribution in [3.8, 4) is 0 Å². The van der Waals surface area contributed by atoms with Gasteiger partial charge in [0.05, 0.1) is 28.1 Å². The fourth-order valence-electron chi connectivity index (χ4n) is 2.61. The van der Waals surface area contributed by atoms with Gasteiger partial charge in [-0.3, -0.25) is 0 Å². The fourth-order valence-corrected chi connectivity index (χ4v) is 3.22. The van der Waals surface area contributed by atoms with Crippen LogP contribution in [0.15, 0.2) is 30.5 Å². The van der Waals surface area contributed by atoms with Crippen LogP contribution >= 0.6 is 11.5 Å². The number of para-hydroxylation sites is 2. The van der Waals surface area contributed by atoms with Crippen molar-refractivity contribution in [3.63, 3.8) is 0 Å². The molecule has 0 bridgehead atoms. The van der Waals surface area contributed by atoms with Gasteiger partial charge in [0.1, 0.15) is 5.82 Å². The lowest BCUT2D eigenvalue weighted by Gasteiger charge is -2.14. The number of hydrogen-bond donors (Lipinski definition) is 1. The summed E-state index contributed by atoms with van der Waals surface area (Å²) < 4.78 is 6.29. The highest BCUT2D eigenvalue weighted by atomic mass is 32.1. The van der Waals surface area contributed by atoms with Crippen LogP contribution in [0.25, 0.3) is 11.0 Å². The number of benzene rings is 1. The molecule has 0 fully saturated rings. The first-order valence-corrected chi connectivity index (χ1v) is 7.99. The normalized spacial score (nSPS) is 12.9. The Labute approximate surface area is 128 Å². The average molecular weight is 301 g/mol. The molecule has 1 N–H and O–H groups in total. The van der Waals surface area contributed by atoms with Crippen LogP contribution in [0.2, 0.25) is 0 Å². The maximum atomic E-state index is 4.82. The molecule has 0 radical (unpaired) electrons. The minimum Gasteiger partial charge on any atom is -0.328 e. The Morgan fingerprint density at radius 2 is 2.19 bits per heavy atom. The number of imidazole rings is 1. The van der Waals surface area contributed by atoms with Crippen LogP contribution in [0.3, 0.4) is 0 Å². The number of hydrogen-bond acceptors (Lipinski definition) is 5. The summed E-state index contributed by atoms with van der Waals surface area (Å²) in [5.41, 5.74) is 2.28. The first-order valence-electron chi connectivity index (χ1n) is 7.22. The molecule has 0 saturated heterocycles. The SMILES string of the molecule is CCCn1c(CC(NC)c2cnns2)nc2ccccc21. The van der Waals surface area contributed by atoms with Gasteiger partial charge in [0.15, 0.2) is 0 Å². The Hall–Kier alpha value is -1.79. The number of nitrogens with zero attached hydrogens (tertiary/aromatic N) is 4. The van der Waals surface area contributed by atoms with Gasteiger partial charge in [0.2, 0.25) is 0 Å². The summed E-state index contributed by atoms with van der Waals surface area (Å²) in [6, 6.07) is 8.54. The summed E-state index contributed by atoms with van der Waals surface area (Å²) >= 11 is 1.44. The second-order valence-corrected chi connectivity index (χ2v) is 5.85. The molecule has 21 heavy (non-hydrogen) atoms. The molecule has 1 unspecified atom stereocenters. The van der Waals surface area contributed by atoms with Crippen LogP contribution < -0.4 is 5.32 Å². The second-order valence-electron chi connectivity index (χ2n) is 5.03. The third-order valence-electron chi connectivity index (χ3n) is 3.64. The van der Waals surface area contributed by atoms with Crippen LogP contribution in [0, 0.1) is 0 Å². The zero-order chi connectivity index (χ0) is 14.7. The summed E-state index contributed by atoms with van der Waals surface area (Å²) in [7, 11) is 1.97. The van der Waals surface area contributed by atoms with Gasteiger partial charge in [-0.25, -0.2) is 4.98 Å². The lowest BCUT2D eigenvalue weighted by Crippen LogP contribution is -2.20. The lowest BCUT2D eigenvalue weighted by atomic mass is 10.2. The van der Waals surface area contributed by atoms with Crippen LogP contribution in [-0.4, -0.2) is 26.2 Å². The van der Waals surface area contributed by atoms with Crippen molar-refractivity contribution in [3.05, 3.63) is 41.2 Å². The highest BCUT2D eigenvalue weighted by Crippen LogP contribution is 2.23. The molecule has 0 spiro atoms. The smallest absolute Gasteiger partial charge is 0.111 e. The molecule has 3 rings (SSSR count). The number of likely N-dealkylation sites (N-methyl/N-ethyl adjacent to an activating group) is 1. The summed E-state index contributed by atoms with van der Waals surface area (Å²) in [6.07, 6.45) is 3.77. The monoisotopic (exact) mass is 301 g/mol. The van der Waals surface area contributed by atoms with E-state index in [-0.39, 0.29) is 6.04 Å². The summed E-state index contributed by atoms with van der Waals surface area (Å²) in [5.74, 6) is 1.12. The predicted molar refractivity (Wildman–Crippen MR) is 85.4 cm³/mol. The largest absolute Gasteiger partial charge is 0.328 e. The number of nitrogens with one attached hydrogen (secondary N) is 1. The van der Waals surface area contributed by atoms with Gasteiger partial charge in [-0.2, -0.15) is 0 Å². The van der Waals surface area contributed by atoms with Crippen LogP contribution in [-0.2, 0) is 13.0 Å². The van der Waals surface area contributed by atoms with Crippen molar-refractivity contribution in [1.29, 1.82) is 0 Å². The van der Waals surface area contributed by atoms with E-state index in [1.807, 2.05) is 19.3 Å². The molecule has 110 valence electrons. The van der Waals surface area contributed by atoms with Crippen LogP contribution in [0.5, 0.6) is 0 Å². The van der Waals surface area contributed by atoms with Crippen LogP contribution in [0.4, 0.5) is 0 Å². The standard InChI is InChI=1S/C15H19N5S/c1-3-8-20-13-7-5-4-6-11(13)18-15(20)9-12(16-2)14-10-17-19-21-14/h4-7,10,12,16H,3,8-9H2,1-2H3.